The Balaban J connectivity index is 1.94. The molecular formula is C12H12ClN3O2. The molecule has 1 heterocycles. The van der Waals surface area contributed by atoms with Gasteiger partial charge in [0, 0.05) is 17.8 Å². The zero-order valence-electron chi connectivity index (χ0n) is 9.71. The van der Waals surface area contributed by atoms with E-state index in [1.165, 1.54) is 6.20 Å². The molecule has 6 heteroatoms. The summed E-state index contributed by atoms with van der Waals surface area (Å²) in [5.41, 5.74) is 0.923. The molecule has 0 aliphatic heterocycles. The quantitative estimate of drug-likeness (QED) is 0.927. The highest BCUT2D eigenvalue weighted by molar-refractivity contribution is 6.16. The Morgan fingerprint density at radius 3 is 2.72 bits per heavy atom. The largest absolute Gasteiger partial charge is 0.441 e. The van der Waals surface area contributed by atoms with Crippen LogP contribution in [0, 0.1) is 0 Å². The number of rotatable bonds is 3. The molecule has 0 saturated carbocycles. The van der Waals surface area contributed by atoms with Crippen molar-refractivity contribution >= 4 is 23.7 Å². The van der Waals surface area contributed by atoms with E-state index < -0.39 is 6.09 Å². The standard InChI is InChI=1S/C12H12ClN3O2/c1-9(10-5-3-2-4-6-10)18-12(17)15-11-7-8-14-16(11)13/h2-9H,1H3,(H,15,17). The molecule has 0 aliphatic rings. The van der Waals surface area contributed by atoms with E-state index in [0.29, 0.717) is 5.82 Å². The summed E-state index contributed by atoms with van der Waals surface area (Å²) in [5, 5.41) is 6.22. The number of hydrogen-bond donors (Lipinski definition) is 1. The van der Waals surface area contributed by atoms with Crippen molar-refractivity contribution in [3.8, 4) is 0 Å². The van der Waals surface area contributed by atoms with Gasteiger partial charge >= 0.3 is 6.09 Å². The number of amides is 1. The fraction of sp³-hybridized carbons (Fsp3) is 0.167. The van der Waals surface area contributed by atoms with Crippen LogP contribution in [-0.2, 0) is 4.74 Å². The van der Waals surface area contributed by atoms with E-state index in [9.17, 15) is 4.79 Å². The molecule has 1 amide bonds. The van der Waals surface area contributed by atoms with Crippen molar-refractivity contribution in [2.24, 2.45) is 0 Å². The van der Waals surface area contributed by atoms with Crippen LogP contribution in [0.3, 0.4) is 0 Å². The average molecular weight is 266 g/mol. The number of nitrogens with zero attached hydrogens (tertiary/aromatic N) is 2. The molecule has 1 N–H and O–H groups in total. The number of carbonyl (C=O) groups excluding carboxylic acids is 1. The van der Waals surface area contributed by atoms with Crippen molar-refractivity contribution in [1.82, 2.24) is 9.30 Å². The van der Waals surface area contributed by atoms with Gasteiger partial charge in [-0.25, -0.2) is 4.79 Å². The van der Waals surface area contributed by atoms with Crippen LogP contribution in [-0.4, -0.2) is 15.4 Å². The van der Waals surface area contributed by atoms with Crippen LogP contribution >= 0.6 is 11.8 Å². The molecule has 2 rings (SSSR count). The molecule has 0 saturated heterocycles. The Labute approximate surface area is 109 Å². The van der Waals surface area contributed by atoms with Gasteiger partial charge in [-0.15, -0.1) is 0 Å². The van der Waals surface area contributed by atoms with Gasteiger partial charge in [-0.2, -0.15) is 9.30 Å². The average Bonchev–Trinajstić information content (AvgIpc) is 2.76. The van der Waals surface area contributed by atoms with Crippen LogP contribution < -0.4 is 5.32 Å². The molecule has 1 aromatic carbocycles. The van der Waals surface area contributed by atoms with Crippen LogP contribution in [0.5, 0.6) is 0 Å². The van der Waals surface area contributed by atoms with Gasteiger partial charge in [-0.05, 0) is 12.5 Å². The SMILES string of the molecule is CC(OC(=O)Nc1ccnn1Cl)c1ccccc1. The van der Waals surface area contributed by atoms with Crippen molar-refractivity contribution in [2.45, 2.75) is 13.0 Å². The maximum atomic E-state index is 11.6. The van der Waals surface area contributed by atoms with E-state index >= 15 is 0 Å². The molecule has 1 atom stereocenters. The summed E-state index contributed by atoms with van der Waals surface area (Å²) in [4.78, 5) is 11.6. The van der Waals surface area contributed by atoms with E-state index in [1.807, 2.05) is 30.3 Å². The van der Waals surface area contributed by atoms with Crippen LogP contribution in [0.4, 0.5) is 10.6 Å². The lowest BCUT2D eigenvalue weighted by atomic mass is 10.1. The molecule has 0 radical (unpaired) electrons. The predicted octanol–water partition coefficient (Wildman–Crippen LogP) is 3.19. The molecule has 2 aromatic rings. The Hall–Kier alpha value is -2.01. The zero-order chi connectivity index (χ0) is 13.0. The summed E-state index contributed by atoms with van der Waals surface area (Å²) in [6, 6.07) is 11.0. The summed E-state index contributed by atoms with van der Waals surface area (Å²) in [6.07, 6.45) is 0.565. The Morgan fingerprint density at radius 1 is 1.39 bits per heavy atom. The number of carbonyl (C=O) groups is 1. The molecule has 0 fully saturated rings. The molecule has 0 aliphatic carbocycles. The molecule has 1 aromatic heterocycles. The summed E-state index contributed by atoms with van der Waals surface area (Å²) in [6.45, 7) is 1.80. The molecule has 1 unspecified atom stereocenters. The number of hydrogen-bond acceptors (Lipinski definition) is 3. The van der Waals surface area contributed by atoms with Crippen molar-refractivity contribution in [3.63, 3.8) is 0 Å². The predicted molar refractivity (Wildman–Crippen MR) is 68.4 cm³/mol. The van der Waals surface area contributed by atoms with Gasteiger partial charge in [0.05, 0.1) is 6.20 Å². The van der Waals surface area contributed by atoms with Crippen molar-refractivity contribution in [2.75, 3.05) is 5.32 Å². The molecule has 0 spiro atoms. The second-order valence-electron chi connectivity index (χ2n) is 3.66. The highest BCUT2D eigenvalue weighted by Gasteiger charge is 2.12. The first-order valence-electron chi connectivity index (χ1n) is 5.39. The molecule has 0 bridgehead atoms. The highest BCUT2D eigenvalue weighted by atomic mass is 35.5. The zero-order valence-corrected chi connectivity index (χ0v) is 10.5. The van der Waals surface area contributed by atoms with E-state index in [4.69, 9.17) is 16.5 Å². The third-order valence-electron chi connectivity index (χ3n) is 2.38. The number of anilines is 1. The number of benzene rings is 1. The normalized spacial score (nSPS) is 11.9. The minimum atomic E-state index is -0.575. The van der Waals surface area contributed by atoms with E-state index in [1.54, 1.807) is 13.0 Å². The maximum Gasteiger partial charge on any atom is 0.413 e. The first kappa shape index (κ1) is 12.4. The van der Waals surface area contributed by atoms with Crippen LogP contribution in [0.15, 0.2) is 42.6 Å². The van der Waals surface area contributed by atoms with E-state index in [2.05, 4.69) is 10.4 Å². The monoisotopic (exact) mass is 265 g/mol. The lowest BCUT2D eigenvalue weighted by Crippen LogP contribution is -2.17. The van der Waals surface area contributed by atoms with Crippen LogP contribution in [0.25, 0.3) is 0 Å². The van der Waals surface area contributed by atoms with Gasteiger partial charge in [0.1, 0.15) is 6.10 Å². The van der Waals surface area contributed by atoms with Gasteiger partial charge in [0.25, 0.3) is 0 Å². The number of nitrogens with one attached hydrogen (secondary N) is 1. The van der Waals surface area contributed by atoms with Gasteiger partial charge in [-0.1, -0.05) is 30.3 Å². The maximum absolute atomic E-state index is 11.6. The van der Waals surface area contributed by atoms with Gasteiger partial charge < -0.3 is 4.74 Å². The van der Waals surface area contributed by atoms with Gasteiger partial charge in [0.2, 0.25) is 0 Å². The van der Waals surface area contributed by atoms with Crippen molar-refractivity contribution in [1.29, 1.82) is 0 Å². The Kier molecular flexibility index (Phi) is 3.84. The molecule has 5 nitrogen and oxygen atoms in total. The van der Waals surface area contributed by atoms with Crippen LogP contribution in [0.1, 0.15) is 18.6 Å². The third kappa shape index (κ3) is 3.01. The topological polar surface area (TPSA) is 56.1 Å². The number of halogens is 1. The third-order valence-corrected chi connectivity index (χ3v) is 2.65. The first-order valence-corrected chi connectivity index (χ1v) is 5.73. The van der Waals surface area contributed by atoms with Gasteiger partial charge in [-0.3, -0.25) is 5.32 Å². The fourth-order valence-electron chi connectivity index (χ4n) is 1.46. The smallest absolute Gasteiger partial charge is 0.413 e. The summed E-state index contributed by atoms with van der Waals surface area (Å²) < 4.78 is 6.25. The molecule has 18 heavy (non-hydrogen) atoms. The lowest BCUT2D eigenvalue weighted by molar-refractivity contribution is 0.121. The fourth-order valence-corrected chi connectivity index (χ4v) is 1.61. The minimum absolute atomic E-state index is 0.335. The van der Waals surface area contributed by atoms with E-state index in [0.717, 1.165) is 9.76 Å². The first-order chi connectivity index (χ1) is 8.66. The Bertz CT molecular complexity index is 527. The summed E-state index contributed by atoms with van der Waals surface area (Å²) in [5.74, 6) is 0.363. The second kappa shape index (κ2) is 5.55. The minimum Gasteiger partial charge on any atom is -0.441 e. The molecular weight excluding hydrogens is 254 g/mol. The molecule has 94 valence electrons. The van der Waals surface area contributed by atoms with Crippen LogP contribution in [0.2, 0.25) is 0 Å². The number of aromatic nitrogens is 2. The Morgan fingerprint density at radius 2 is 2.11 bits per heavy atom. The van der Waals surface area contributed by atoms with E-state index in [-0.39, 0.29) is 6.10 Å². The summed E-state index contributed by atoms with van der Waals surface area (Å²) in [7, 11) is 0. The number of ether oxygens (including phenoxy) is 1. The highest BCUT2D eigenvalue weighted by Crippen LogP contribution is 2.17. The second-order valence-corrected chi connectivity index (χ2v) is 3.98. The summed E-state index contributed by atoms with van der Waals surface area (Å²) >= 11 is 5.67. The van der Waals surface area contributed by atoms with Crippen molar-refractivity contribution < 1.29 is 9.53 Å². The lowest BCUT2D eigenvalue weighted by Gasteiger charge is -2.13. The van der Waals surface area contributed by atoms with Gasteiger partial charge in [0.15, 0.2) is 5.82 Å². The van der Waals surface area contributed by atoms with Crippen molar-refractivity contribution in [3.05, 3.63) is 48.2 Å².